The van der Waals surface area contributed by atoms with Crippen LogP contribution in [0.5, 0.6) is 0 Å². The van der Waals surface area contributed by atoms with Crippen LogP contribution in [-0.4, -0.2) is 75.3 Å². The van der Waals surface area contributed by atoms with E-state index in [0.29, 0.717) is 0 Å². The third-order valence-electron chi connectivity index (χ3n) is 0. The molecule has 0 saturated heterocycles. The number of hydrogen-bond acceptors (Lipinski definition) is 3. The molecule has 0 unspecified atom stereocenters. The first-order chi connectivity index (χ1) is 1.73. The van der Waals surface area contributed by atoms with E-state index in [9.17, 15) is 0 Å². The Kier molecular flexibility index (Phi) is 51.5. The Morgan fingerprint density at radius 1 is 1.14 bits per heavy atom. The third-order valence-corrected chi connectivity index (χ3v) is 0. The fraction of sp³-hybridized carbons (Fsp3) is 0. The van der Waals surface area contributed by atoms with Crippen LogP contribution in [0.2, 0.25) is 0 Å². The van der Waals surface area contributed by atoms with Gasteiger partial charge >= 0.3 is 46.3 Å². The van der Waals surface area contributed by atoms with Gasteiger partial charge in [-0.25, -0.2) is 0 Å². The monoisotopic (exact) mass is 172 g/mol. The van der Waals surface area contributed by atoms with E-state index in [1.807, 2.05) is 0 Å². The van der Waals surface area contributed by atoms with Crippen molar-refractivity contribution < 1.29 is 23.0 Å². The molecule has 0 heterocycles. The molecule has 0 aliphatic carbocycles. The van der Waals surface area contributed by atoms with Crippen LogP contribution >= 0.6 is 8.60 Å². The molecule has 0 aliphatic rings. The van der Waals surface area contributed by atoms with Crippen molar-refractivity contribution in [1.29, 1.82) is 0 Å². The molecule has 0 saturated carbocycles. The van der Waals surface area contributed by atoms with Crippen LogP contribution in [0.15, 0.2) is 0 Å². The molecule has 43 valence electrons. The van der Waals surface area contributed by atoms with Gasteiger partial charge in [-0.2, -0.15) is 14.7 Å². The summed E-state index contributed by atoms with van der Waals surface area (Å²) in [6.07, 6.45) is 0. The van der Waals surface area contributed by atoms with Gasteiger partial charge in [-0.15, -0.1) is 0 Å². The van der Waals surface area contributed by atoms with Crippen LogP contribution in [0, 0.1) is 0 Å². The molecule has 0 aliphatic heterocycles. The maximum absolute atomic E-state index is 7.27. The topological polar surface area (TPSA) is 92.2 Å². The molecule has 0 aromatic carbocycles. The zero-order valence-electron chi connectivity index (χ0n) is 6.05. The van der Waals surface area contributed by atoms with E-state index >= 15 is 0 Å². The van der Waals surface area contributed by atoms with Crippen molar-refractivity contribution in [2.75, 3.05) is 0 Å². The molecular weight excluding hydrogens is 162 g/mol. The second-order valence-electron chi connectivity index (χ2n) is 0.300. The fourth-order valence-electron chi connectivity index (χ4n) is 0. The minimum Gasteiger partial charge on any atom is -1.00 e. The van der Waals surface area contributed by atoms with E-state index in [0.717, 1.165) is 0 Å². The van der Waals surface area contributed by atoms with Gasteiger partial charge in [0, 0.05) is 0 Å². The average molecular weight is 172 g/mol. The maximum Gasteiger partial charge on any atom is 2.00 e. The SMILES string of the molecule is O.O[PH+](O)O.[AlH2].[Ca+2].[H-].[H-]. The molecule has 4 nitrogen and oxygen atoms in total. The molecule has 0 amide bonds. The van der Waals surface area contributed by atoms with Crippen LogP contribution in [0.25, 0.3) is 0 Å². The standard InChI is InChI=1S/Al.Ca.H4O3P.H2O.4H/c;;1-4(2)3;;;;;/h;;1-4H;1H2;;;;/q;+2;+1;;;;2*-1. The zero-order chi connectivity index (χ0) is 3.58. The molecule has 0 aromatic rings. The first-order valence-corrected chi connectivity index (χ1v) is 2.01. The predicted molar refractivity (Wildman–Crippen MR) is 35.1 cm³/mol. The summed E-state index contributed by atoms with van der Waals surface area (Å²) in [6, 6.07) is 0. The smallest absolute Gasteiger partial charge is 1.00 e. The molecule has 0 atom stereocenters. The van der Waals surface area contributed by atoms with Crippen LogP contribution in [-0.2, 0) is 0 Å². The van der Waals surface area contributed by atoms with Crippen LogP contribution in [0.4, 0.5) is 0 Å². The van der Waals surface area contributed by atoms with Gasteiger partial charge in [0.25, 0.3) is 0 Å². The van der Waals surface area contributed by atoms with Crippen molar-refractivity contribution in [3.63, 3.8) is 0 Å². The molecule has 0 aromatic heterocycles. The van der Waals surface area contributed by atoms with Crippen LogP contribution in [0.1, 0.15) is 2.85 Å². The number of hydrogen-bond donors (Lipinski definition) is 3. The van der Waals surface area contributed by atoms with E-state index in [2.05, 4.69) is 0 Å². The first kappa shape index (κ1) is 23.0. The van der Waals surface area contributed by atoms with Gasteiger partial charge in [-0.3, -0.25) is 0 Å². The quantitative estimate of drug-likeness (QED) is 0.269. The van der Waals surface area contributed by atoms with Crippen molar-refractivity contribution in [3.8, 4) is 0 Å². The Balaban J connectivity index is -0.00000000450. The third kappa shape index (κ3) is 69.7. The van der Waals surface area contributed by atoms with Gasteiger partial charge in [0.1, 0.15) is 17.4 Å². The second kappa shape index (κ2) is 15.7. The summed E-state index contributed by atoms with van der Waals surface area (Å²) in [7, 11) is -2.88. The molecule has 7 heavy (non-hydrogen) atoms. The molecule has 7 heteroatoms. The van der Waals surface area contributed by atoms with Crippen molar-refractivity contribution in [2.24, 2.45) is 0 Å². The molecule has 0 rings (SSSR count). The van der Waals surface area contributed by atoms with E-state index < -0.39 is 8.60 Å². The van der Waals surface area contributed by atoms with Gasteiger partial charge in [0.2, 0.25) is 0 Å². The summed E-state index contributed by atoms with van der Waals surface area (Å²) in [4.78, 5) is 21.8. The second-order valence-corrected chi connectivity index (χ2v) is 0.900. The van der Waals surface area contributed by atoms with Gasteiger partial charge in [-0.05, 0) is 0 Å². The molecule has 0 fully saturated rings. The average Bonchev–Trinajstić information content (AvgIpc) is 0.811. The predicted octanol–water partition coefficient (Wildman–Crippen LogP) is -2.97. The minimum atomic E-state index is -2.88. The van der Waals surface area contributed by atoms with Crippen LogP contribution < -0.4 is 0 Å². The summed E-state index contributed by atoms with van der Waals surface area (Å²) >= 11 is 0. The summed E-state index contributed by atoms with van der Waals surface area (Å²) in [5.74, 6) is 0. The van der Waals surface area contributed by atoms with Gasteiger partial charge in [-0.1, -0.05) is 0 Å². The Labute approximate surface area is 86.0 Å². The zero-order valence-corrected chi connectivity index (χ0v) is 9.26. The fourth-order valence-corrected chi connectivity index (χ4v) is 0. The van der Waals surface area contributed by atoms with Crippen molar-refractivity contribution in [1.82, 2.24) is 0 Å². The number of rotatable bonds is 0. The van der Waals surface area contributed by atoms with Crippen molar-refractivity contribution >= 4 is 63.7 Å². The normalized spacial score (nSPS) is 5.14. The van der Waals surface area contributed by atoms with Crippen molar-refractivity contribution in [2.45, 2.75) is 0 Å². The van der Waals surface area contributed by atoms with Gasteiger partial charge in [0.05, 0.1) is 0 Å². The maximum atomic E-state index is 7.27. The molecule has 0 bridgehead atoms. The summed E-state index contributed by atoms with van der Waals surface area (Å²) in [5.41, 5.74) is 0. The minimum absolute atomic E-state index is 0. The Hall–Kier alpha value is 2.06. The molecule has 0 spiro atoms. The van der Waals surface area contributed by atoms with E-state index in [-0.39, 0.29) is 63.4 Å². The Bertz CT molecular complexity index is 23.3. The largest absolute Gasteiger partial charge is 2.00 e. The molecular formula is H10AlCaO4P+. The summed E-state index contributed by atoms with van der Waals surface area (Å²) < 4.78 is 0. The van der Waals surface area contributed by atoms with E-state index in [1.165, 1.54) is 0 Å². The Morgan fingerprint density at radius 2 is 1.14 bits per heavy atom. The van der Waals surface area contributed by atoms with Crippen LogP contribution in [0.3, 0.4) is 0 Å². The summed E-state index contributed by atoms with van der Waals surface area (Å²) in [6.45, 7) is 0. The molecule has 5 N–H and O–H groups in total. The van der Waals surface area contributed by atoms with Crippen molar-refractivity contribution in [3.05, 3.63) is 0 Å². The van der Waals surface area contributed by atoms with Gasteiger partial charge in [0.15, 0.2) is 0 Å². The van der Waals surface area contributed by atoms with E-state index in [1.54, 1.807) is 0 Å². The Morgan fingerprint density at radius 3 is 1.14 bits per heavy atom. The van der Waals surface area contributed by atoms with E-state index in [4.69, 9.17) is 14.7 Å². The van der Waals surface area contributed by atoms with Gasteiger partial charge < -0.3 is 8.33 Å². The first-order valence-electron chi connectivity index (χ1n) is 0.671. The molecule has 1 radical (unpaired) electrons. The summed E-state index contributed by atoms with van der Waals surface area (Å²) in [5, 5.41) is 0.